The lowest BCUT2D eigenvalue weighted by molar-refractivity contribution is 0.0696. The molecule has 2 N–H and O–H groups in total. The van der Waals surface area contributed by atoms with Crippen LogP contribution in [0.15, 0.2) is 41.3 Å². The molecule has 0 saturated heterocycles. The van der Waals surface area contributed by atoms with Gasteiger partial charge < -0.3 is 5.11 Å². The smallest absolute Gasteiger partial charge is 0.335 e. The van der Waals surface area contributed by atoms with E-state index in [1.54, 1.807) is 0 Å². The van der Waals surface area contributed by atoms with Crippen LogP contribution in [0.4, 0.5) is 10.1 Å². The van der Waals surface area contributed by atoms with Gasteiger partial charge in [0, 0.05) is 0 Å². The molecule has 0 atom stereocenters. The van der Waals surface area contributed by atoms with Gasteiger partial charge in [0.05, 0.1) is 16.1 Å². The Morgan fingerprint density at radius 3 is 2.65 bits per heavy atom. The number of nitrogens with one attached hydrogen (secondary N) is 1. The van der Waals surface area contributed by atoms with Crippen LogP contribution >= 0.6 is 0 Å². The van der Waals surface area contributed by atoms with E-state index in [4.69, 9.17) is 5.11 Å². The molecule has 23 heavy (non-hydrogen) atoms. The SMILES string of the molecule is O=C(O)c1cc2c(c(S(=O)(=O)Nc3cccc(F)c3)c1)CCC2. The Morgan fingerprint density at radius 1 is 1.17 bits per heavy atom. The van der Waals surface area contributed by atoms with Gasteiger partial charge in [-0.15, -0.1) is 0 Å². The molecule has 0 spiro atoms. The van der Waals surface area contributed by atoms with Crippen LogP contribution in [-0.4, -0.2) is 19.5 Å². The molecule has 0 aromatic heterocycles. The van der Waals surface area contributed by atoms with Crippen molar-refractivity contribution in [2.24, 2.45) is 0 Å². The Balaban J connectivity index is 2.08. The summed E-state index contributed by atoms with van der Waals surface area (Å²) in [6.45, 7) is 0. The molecule has 0 aliphatic heterocycles. The minimum atomic E-state index is -3.99. The highest BCUT2D eigenvalue weighted by Crippen LogP contribution is 2.31. The molecular weight excluding hydrogens is 321 g/mol. The third kappa shape index (κ3) is 3.05. The van der Waals surface area contributed by atoms with Gasteiger partial charge in [-0.25, -0.2) is 17.6 Å². The first-order valence-corrected chi connectivity index (χ1v) is 8.52. The standard InChI is InChI=1S/C16H14FNO4S/c17-12-4-2-5-13(9-12)18-23(21,22)15-8-11(16(19)20)7-10-3-1-6-14(10)15/h2,4-5,7-9,18H,1,3,6H2,(H,19,20). The molecule has 1 aliphatic rings. The maximum atomic E-state index is 13.2. The van der Waals surface area contributed by atoms with Crippen molar-refractivity contribution < 1.29 is 22.7 Å². The van der Waals surface area contributed by atoms with Crippen LogP contribution in [0, 0.1) is 5.82 Å². The summed E-state index contributed by atoms with van der Waals surface area (Å²) in [7, 11) is -3.99. The van der Waals surface area contributed by atoms with Crippen molar-refractivity contribution in [3.05, 3.63) is 58.9 Å². The van der Waals surface area contributed by atoms with Gasteiger partial charge in [-0.3, -0.25) is 4.72 Å². The van der Waals surface area contributed by atoms with Crippen molar-refractivity contribution in [1.29, 1.82) is 0 Å². The summed E-state index contributed by atoms with van der Waals surface area (Å²) in [5.74, 6) is -1.74. The number of benzene rings is 2. The second-order valence-electron chi connectivity index (χ2n) is 5.39. The normalized spacial score (nSPS) is 13.6. The lowest BCUT2D eigenvalue weighted by atomic mass is 10.1. The van der Waals surface area contributed by atoms with Crippen molar-refractivity contribution in [1.82, 2.24) is 0 Å². The number of halogens is 1. The molecule has 7 heteroatoms. The second kappa shape index (κ2) is 5.66. The van der Waals surface area contributed by atoms with Crippen LogP contribution < -0.4 is 4.72 Å². The first-order chi connectivity index (χ1) is 10.9. The number of rotatable bonds is 4. The molecule has 0 bridgehead atoms. The fourth-order valence-corrected chi connectivity index (χ4v) is 4.18. The number of aromatic carboxylic acids is 1. The number of carboxylic acid groups (broad SMARTS) is 1. The molecule has 3 rings (SSSR count). The second-order valence-corrected chi connectivity index (χ2v) is 7.04. The lowest BCUT2D eigenvalue weighted by Gasteiger charge is -2.13. The molecule has 2 aromatic rings. The Hall–Kier alpha value is -2.41. The Kier molecular flexibility index (Phi) is 3.81. The average Bonchev–Trinajstić information content (AvgIpc) is 2.93. The summed E-state index contributed by atoms with van der Waals surface area (Å²) >= 11 is 0. The van der Waals surface area contributed by atoms with E-state index in [0.717, 1.165) is 24.1 Å². The zero-order valence-electron chi connectivity index (χ0n) is 12.0. The molecule has 0 unspecified atom stereocenters. The number of hydrogen-bond donors (Lipinski definition) is 2. The molecule has 0 fully saturated rings. The third-order valence-corrected chi connectivity index (χ3v) is 5.24. The zero-order valence-corrected chi connectivity index (χ0v) is 12.9. The van der Waals surface area contributed by atoms with E-state index in [1.165, 1.54) is 24.3 Å². The first kappa shape index (κ1) is 15.5. The summed E-state index contributed by atoms with van der Waals surface area (Å²) in [5, 5.41) is 9.17. The number of aryl methyl sites for hydroxylation is 1. The maximum Gasteiger partial charge on any atom is 0.335 e. The highest BCUT2D eigenvalue weighted by atomic mass is 32.2. The van der Waals surface area contributed by atoms with Crippen LogP contribution in [0.25, 0.3) is 0 Å². The molecule has 0 saturated carbocycles. The first-order valence-electron chi connectivity index (χ1n) is 7.04. The summed E-state index contributed by atoms with van der Waals surface area (Å²) in [4.78, 5) is 11.2. The van der Waals surface area contributed by atoms with Crippen molar-refractivity contribution in [2.45, 2.75) is 24.2 Å². The predicted molar refractivity (Wildman–Crippen MR) is 82.6 cm³/mol. The highest BCUT2D eigenvalue weighted by molar-refractivity contribution is 7.92. The minimum Gasteiger partial charge on any atom is -0.478 e. The Bertz CT molecular complexity index is 893. The fraction of sp³-hybridized carbons (Fsp3) is 0.188. The number of fused-ring (bicyclic) bond motifs is 1. The topological polar surface area (TPSA) is 83.5 Å². The Labute approximate surface area is 132 Å². The van der Waals surface area contributed by atoms with Crippen LogP contribution in [0.5, 0.6) is 0 Å². The number of hydrogen-bond acceptors (Lipinski definition) is 3. The van der Waals surface area contributed by atoms with E-state index in [-0.39, 0.29) is 16.1 Å². The number of carbonyl (C=O) groups is 1. The monoisotopic (exact) mass is 335 g/mol. The quantitative estimate of drug-likeness (QED) is 0.900. The minimum absolute atomic E-state index is 0.0471. The third-order valence-electron chi connectivity index (χ3n) is 3.79. The average molecular weight is 335 g/mol. The van der Waals surface area contributed by atoms with Gasteiger partial charge in [-0.05, 0) is 60.7 Å². The molecule has 0 radical (unpaired) electrons. The van der Waals surface area contributed by atoms with Crippen molar-refractivity contribution in [3.8, 4) is 0 Å². The van der Waals surface area contributed by atoms with Crippen LogP contribution in [0.3, 0.4) is 0 Å². The van der Waals surface area contributed by atoms with Gasteiger partial charge >= 0.3 is 5.97 Å². The summed E-state index contributed by atoms with van der Waals surface area (Å²) in [6.07, 6.45) is 2.01. The van der Waals surface area contributed by atoms with Gasteiger partial charge in [-0.2, -0.15) is 0 Å². The summed E-state index contributed by atoms with van der Waals surface area (Å²) < 4.78 is 40.8. The van der Waals surface area contributed by atoms with Gasteiger partial charge in [0.25, 0.3) is 10.0 Å². The van der Waals surface area contributed by atoms with E-state index in [1.807, 2.05) is 0 Å². The molecule has 5 nitrogen and oxygen atoms in total. The largest absolute Gasteiger partial charge is 0.478 e. The van der Waals surface area contributed by atoms with Gasteiger partial charge in [-0.1, -0.05) is 6.07 Å². The predicted octanol–water partition coefficient (Wildman–Crippen LogP) is 2.81. The van der Waals surface area contributed by atoms with Gasteiger partial charge in [0.1, 0.15) is 5.82 Å². The summed E-state index contributed by atoms with van der Waals surface area (Å²) in [6, 6.07) is 7.78. The van der Waals surface area contributed by atoms with Crippen LogP contribution in [-0.2, 0) is 22.9 Å². The summed E-state index contributed by atoms with van der Waals surface area (Å²) in [5.41, 5.74) is 1.41. The number of anilines is 1. The molecular formula is C16H14FNO4S. The molecule has 1 aliphatic carbocycles. The maximum absolute atomic E-state index is 13.2. The fourth-order valence-electron chi connectivity index (χ4n) is 2.79. The van der Waals surface area contributed by atoms with Crippen LogP contribution in [0.1, 0.15) is 27.9 Å². The Morgan fingerprint density at radius 2 is 1.96 bits per heavy atom. The van der Waals surface area contributed by atoms with E-state index < -0.39 is 21.8 Å². The zero-order chi connectivity index (χ0) is 16.6. The van der Waals surface area contributed by atoms with Crippen LogP contribution in [0.2, 0.25) is 0 Å². The van der Waals surface area contributed by atoms with E-state index >= 15 is 0 Å². The highest BCUT2D eigenvalue weighted by Gasteiger charge is 2.26. The molecule has 2 aromatic carbocycles. The van der Waals surface area contributed by atoms with E-state index in [2.05, 4.69) is 4.72 Å². The molecule has 0 amide bonds. The lowest BCUT2D eigenvalue weighted by Crippen LogP contribution is -2.16. The molecule has 120 valence electrons. The van der Waals surface area contributed by atoms with Crippen molar-refractivity contribution in [3.63, 3.8) is 0 Å². The van der Waals surface area contributed by atoms with E-state index in [9.17, 15) is 17.6 Å². The molecule has 0 heterocycles. The van der Waals surface area contributed by atoms with Gasteiger partial charge in [0.2, 0.25) is 0 Å². The van der Waals surface area contributed by atoms with Crippen molar-refractivity contribution >= 4 is 21.7 Å². The van der Waals surface area contributed by atoms with Crippen molar-refractivity contribution in [2.75, 3.05) is 4.72 Å². The van der Waals surface area contributed by atoms with E-state index in [0.29, 0.717) is 18.4 Å². The van der Waals surface area contributed by atoms with Gasteiger partial charge in [0.15, 0.2) is 0 Å². The number of sulfonamides is 1. The number of carboxylic acids is 1.